The number of amides is 1. The maximum absolute atomic E-state index is 11.1. The van der Waals surface area contributed by atoms with Crippen LogP contribution in [0.1, 0.15) is 12.8 Å². The summed E-state index contributed by atoms with van der Waals surface area (Å²) < 4.78 is 0. The van der Waals surface area contributed by atoms with E-state index in [2.05, 4.69) is 9.88 Å². The molecule has 1 aromatic heterocycles. The van der Waals surface area contributed by atoms with E-state index in [0.29, 0.717) is 12.2 Å². The molecule has 1 aliphatic heterocycles. The molecule has 5 nitrogen and oxygen atoms in total. The third-order valence-corrected chi connectivity index (χ3v) is 2.92. The van der Waals surface area contributed by atoms with Crippen LogP contribution in [0.3, 0.4) is 0 Å². The number of carbonyl (C=O) groups excluding carboxylic acids is 1. The van der Waals surface area contributed by atoms with Gasteiger partial charge in [0.15, 0.2) is 0 Å². The average molecular weight is 220 g/mol. The summed E-state index contributed by atoms with van der Waals surface area (Å²) in [6.45, 7) is 1.58. The van der Waals surface area contributed by atoms with Gasteiger partial charge in [-0.15, -0.1) is 0 Å². The number of anilines is 2. The molecule has 0 aliphatic carbocycles. The second-order valence-electron chi connectivity index (χ2n) is 4.14. The highest BCUT2D eigenvalue weighted by molar-refractivity contribution is 5.77. The first-order chi connectivity index (χ1) is 7.66. The molecule has 2 heterocycles. The lowest BCUT2D eigenvalue weighted by Crippen LogP contribution is -2.41. The Morgan fingerprint density at radius 2 is 2.31 bits per heavy atom. The zero-order chi connectivity index (χ0) is 11.5. The largest absolute Gasteiger partial charge is 0.397 e. The molecule has 4 N–H and O–H groups in total. The normalized spacial score (nSPS) is 20.8. The average Bonchev–Trinajstić information content (AvgIpc) is 2.30. The van der Waals surface area contributed by atoms with Crippen molar-refractivity contribution in [2.45, 2.75) is 12.8 Å². The Bertz CT molecular complexity index is 376. The molecular weight excluding hydrogens is 204 g/mol. The smallest absolute Gasteiger partial charge is 0.222 e. The van der Waals surface area contributed by atoms with Crippen LogP contribution < -0.4 is 16.4 Å². The zero-order valence-electron chi connectivity index (χ0n) is 9.10. The van der Waals surface area contributed by atoms with Gasteiger partial charge in [-0.3, -0.25) is 4.79 Å². The first-order valence-corrected chi connectivity index (χ1v) is 5.42. The quantitative estimate of drug-likeness (QED) is 0.753. The summed E-state index contributed by atoms with van der Waals surface area (Å²) in [6, 6.07) is 3.69. The standard InChI is InChI=1S/C11H16N4O/c12-9-3-4-10(14-6-9)15-5-1-2-8(7-15)11(13)16/h3-4,6,8H,1-2,5,7,12H2,(H2,13,16)/t8-/m0/s1. The van der Waals surface area contributed by atoms with Crippen LogP contribution in [0, 0.1) is 5.92 Å². The molecular formula is C11H16N4O. The van der Waals surface area contributed by atoms with Gasteiger partial charge in [0.2, 0.25) is 5.91 Å². The van der Waals surface area contributed by atoms with Crippen LogP contribution in [-0.2, 0) is 4.79 Å². The van der Waals surface area contributed by atoms with Crippen molar-refractivity contribution in [1.82, 2.24) is 4.98 Å². The predicted octanol–water partition coefficient (Wildman–Crippen LogP) is 0.365. The van der Waals surface area contributed by atoms with Crippen LogP contribution in [0.15, 0.2) is 18.3 Å². The second-order valence-corrected chi connectivity index (χ2v) is 4.14. The van der Waals surface area contributed by atoms with Crippen LogP contribution in [0.25, 0.3) is 0 Å². The van der Waals surface area contributed by atoms with E-state index in [1.807, 2.05) is 12.1 Å². The molecule has 1 aromatic rings. The van der Waals surface area contributed by atoms with E-state index in [-0.39, 0.29) is 11.8 Å². The third-order valence-electron chi connectivity index (χ3n) is 2.92. The van der Waals surface area contributed by atoms with Crippen molar-refractivity contribution in [2.75, 3.05) is 23.7 Å². The van der Waals surface area contributed by atoms with E-state index in [1.165, 1.54) is 0 Å². The Morgan fingerprint density at radius 3 is 2.94 bits per heavy atom. The van der Waals surface area contributed by atoms with Gasteiger partial charge in [-0.05, 0) is 25.0 Å². The molecule has 0 bridgehead atoms. The summed E-state index contributed by atoms with van der Waals surface area (Å²) in [4.78, 5) is 17.5. The van der Waals surface area contributed by atoms with E-state index >= 15 is 0 Å². The van der Waals surface area contributed by atoms with Gasteiger partial charge in [-0.1, -0.05) is 0 Å². The second kappa shape index (κ2) is 4.38. The molecule has 0 saturated carbocycles. The zero-order valence-corrected chi connectivity index (χ0v) is 9.10. The third kappa shape index (κ3) is 2.24. The van der Waals surface area contributed by atoms with Crippen LogP contribution >= 0.6 is 0 Å². The molecule has 1 saturated heterocycles. The Hall–Kier alpha value is -1.78. The number of hydrogen-bond acceptors (Lipinski definition) is 4. The number of primary amides is 1. The van der Waals surface area contributed by atoms with Gasteiger partial charge >= 0.3 is 0 Å². The highest BCUT2D eigenvalue weighted by Crippen LogP contribution is 2.21. The van der Waals surface area contributed by atoms with Crippen molar-refractivity contribution < 1.29 is 4.79 Å². The van der Waals surface area contributed by atoms with Gasteiger partial charge in [0, 0.05) is 13.1 Å². The topological polar surface area (TPSA) is 85.2 Å². The molecule has 1 atom stereocenters. The van der Waals surface area contributed by atoms with Crippen molar-refractivity contribution in [3.63, 3.8) is 0 Å². The van der Waals surface area contributed by atoms with E-state index < -0.39 is 0 Å². The fourth-order valence-corrected chi connectivity index (χ4v) is 2.00. The maximum atomic E-state index is 11.1. The van der Waals surface area contributed by atoms with Gasteiger partial charge in [0.05, 0.1) is 17.8 Å². The van der Waals surface area contributed by atoms with E-state index in [1.54, 1.807) is 6.20 Å². The van der Waals surface area contributed by atoms with Crippen LogP contribution in [-0.4, -0.2) is 24.0 Å². The number of nitrogens with zero attached hydrogens (tertiary/aromatic N) is 2. The molecule has 16 heavy (non-hydrogen) atoms. The van der Waals surface area contributed by atoms with Gasteiger partial charge < -0.3 is 16.4 Å². The summed E-state index contributed by atoms with van der Waals surface area (Å²) in [6.07, 6.45) is 3.48. The van der Waals surface area contributed by atoms with Gasteiger partial charge in [-0.25, -0.2) is 4.98 Å². The molecule has 0 spiro atoms. The molecule has 1 aliphatic rings. The fourth-order valence-electron chi connectivity index (χ4n) is 2.00. The number of nitrogens with two attached hydrogens (primary N) is 2. The van der Waals surface area contributed by atoms with Crippen molar-refractivity contribution >= 4 is 17.4 Å². The molecule has 86 valence electrons. The lowest BCUT2D eigenvalue weighted by molar-refractivity contribution is -0.122. The molecule has 0 unspecified atom stereocenters. The minimum Gasteiger partial charge on any atom is -0.397 e. The van der Waals surface area contributed by atoms with Crippen molar-refractivity contribution in [3.05, 3.63) is 18.3 Å². The number of aromatic nitrogens is 1. The molecule has 5 heteroatoms. The Morgan fingerprint density at radius 1 is 1.50 bits per heavy atom. The molecule has 0 radical (unpaired) electrons. The highest BCUT2D eigenvalue weighted by atomic mass is 16.1. The van der Waals surface area contributed by atoms with Crippen LogP contribution in [0.2, 0.25) is 0 Å². The summed E-state index contributed by atoms with van der Waals surface area (Å²) in [5.74, 6) is 0.577. The lowest BCUT2D eigenvalue weighted by atomic mass is 9.97. The van der Waals surface area contributed by atoms with E-state index in [9.17, 15) is 4.79 Å². The molecule has 2 rings (SSSR count). The minimum absolute atomic E-state index is 0.0619. The molecule has 1 fully saturated rings. The highest BCUT2D eigenvalue weighted by Gasteiger charge is 2.24. The Labute approximate surface area is 94.4 Å². The van der Waals surface area contributed by atoms with Gasteiger partial charge in [0.25, 0.3) is 0 Å². The first-order valence-electron chi connectivity index (χ1n) is 5.42. The number of hydrogen-bond donors (Lipinski definition) is 2. The monoisotopic (exact) mass is 220 g/mol. The Kier molecular flexibility index (Phi) is 2.94. The number of piperidine rings is 1. The summed E-state index contributed by atoms with van der Waals surface area (Å²) in [5.41, 5.74) is 11.5. The summed E-state index contributed by atoms with van der Waals surface area (Å²) in [7, 11) is 0. The van der Waals surface area contributed by atoms with E-state index in [0.717, 1.165) is 25.2 Å². The van der Waals surface area contributed by atoms with Crippen LogP contribution in [0.5, 0.6) is 0 Å². The van der Waals surface area contributed by atoms with E-state index in [4.69, 9.17) is 11.5 Å². The first kappa shape index (κ1) is 10.7. The van der Waals surface area contributed by atoms with Crippen LogP contribution in [0.4, 0.5) is 11.5 Å². The Balaban J connectivity index is 2.09. The number of carbonyl (C=O) groups is 1. The van der Waals surface area contributed by atoms with Gasteiger partial charge in [0.1, 0.15) is 5.82 Å². The van der Waals surface area contributed by atoms with Crippen molar-refractivity contribution in [3.8, 4) is 0 Å². The van der Waals surface area contributed by atoms with Gasteiger partial charge in [-0.2, -0.15) is 0 Å². The predicted molar refractivity (Wildman–Crippen MR) is 62.8 cm³/mol. The lowest BCUT2D eigenvalue weighted by Gasteiger charge is -2.32. The SMILES string of the molecule is NC(=O)[C@H]1CCCN(c2ccc(N)cn2)C1. The summed E-state index contributed by atoms with van der Waals surface area (Å²) >= 11 is 0. The molecule has 1 amide bonds. The number of pyridine rings is 1. The maximum Gasteiger partial charge on any atom is 0.222 e. The number of nitrogen functional groups attached to an aromatic ring is 1. The minimum atomic E-state index is -0.222. The van der Waals surface area contributed by atoms with Crippen molar-refractivity contribution in [1.29, 1.82) is 0 Å². The number of rotatable bonds is 2. The van der Waals surface area contributed by atoms with Crippen molar-refractivity contribution in [2.24, 2.45) is 11.7 Å². The molecule has 0 aromatic carbocycles. The summed E-state index contributed by atoms with van der Waals surface area (Å²) in [5, 5.41) is 0. The fraction of sp³-hybridized carbons (Fsp3) is 0.455.